The van der Waals surface area contributed by atoms with Gasteiger partial charge in [0.2, 0.25) is 0 Å². The van der Waals surface area contributed by atoms with E-state index in [-0.39, 0.29) is 17.9 Å². The first-order valence-electron chi connectivity index (χ1n) is 4.91. The average Bonchev–Trinajstić information content (AvgIpc) is 2.34. The standard InChI is InChI=1S/C12H13NO4/c1-3-8-17-12(16)13(2)10-7-5-4-6-9(10)11(14)15/h3-7H,1,8H2,2H3,(H,14,15). The highest BCUT2D eigenvalue weighted by Gasteiger charge is 2.18. The van der Waals surface area contributed by atoms with Crippen molar-refractivity contribution in [2.75, 3.05) is 18.6 Å². The number of carbonyl (C=O) groups excluding carboxylic acids is 1. The van der Waals surface area contributed by atoms with Crippen molar-refractivity contribution >= 4 is 17.7 Å². The van der Waals surface area contributed by atoms with Gasteiger partial charge in [-0.25, -0.2) is 9.59 Å². The van der Waals surface area contributed by atoms with E-state index in [9.17, 15) is 9.59 Å². The summed E-state index contributed by atoms with van der Waals surface area (Å²) in [5, 5.41) is 8.98. The number of rotatable bonds is 4. The van der Waals surface area contributed by atoms with E-state index >= 15 is 0 Å². The third-order valence-electron chi connectivity index (χ3n) is 2.09. The molecule has 1 rings (SSSR count). The molecule has 0 radical (unpaired) electrons. The Morgan fingerprint density at radius 3 is 2.71 bits per heavy atom. The van der Waals surface area contributed by atoms with Gasteiger partial charge in [-0.1, -0.05) is 24.8 Å². The molecule has 1 amide bonds. The molecular weight excluding hydrogens is 222 g/mol. The van der Waals surface area contributed by atoms with Crippen LogP contribution in [-0.4, -0.2) is 30.8 Å². The number of benzene rings is 1. The molecule has 5 heteroatoms. The van der Waals surface area contributed by atoms with Crippen LogP contribution in [-0.2, 0) is 4.74 Å². The van der Waals surface area contributed by atoms with Crippen LogP contribution in [0.2, 0.25) is 0 Å². The van der Waals surface area contributed by atoms with Gasteiger partial charge in [-0.2, -0.15) is 0 Å². The van der Waals surface area contributed by atoms with Gasteiger partial charge in [-0.05, 0) is 12.1 Å². The van der Waals surface area contributed by atoms with E-state index in [1.165, 1.54) is 19.2 Å². The molecule has 0 aromatic heterocycles. The Morgan fingerprint density at radius 1 is 1.47 bits per heavy atom. The van der Waals surface area contributed by atoms with Crippen LogP contribution in [0.5, 0.6) is 0 Å². The monoisotopic (exact) mass is 235 g/mol. The second kappa shape index (κ2) is 5.69. The molecule has 0 atom stereocenters. The van der Waals surface area contributed by atoms with E-state index in [0.717, 1.165) is 4.90 Å². The summed E-state index contributed by atoms with van der Waals surface area (Å²) in [5.41, 5.74) is 0.333. The summed E-state index contributed by atoms with van der Waals surface area (Å²) in [6, 6.07) is 6.21. The fraction of sp³-hybridized carbons (Fsp3) is 0.167. The van der Waals surface area contributed by atoms with Crippen molar-refractivity contribution in [2.45, 2.75) is 0 Å². The second-order valence-electron chi connectivity index (χ2n) is 3.25. The SMILES string of the molecule is C=CCOC(=O)N(C)c1ccccc1C(=O)O. The molecule has 90 valence electrons. The number of anilines is 1. The van der Waals surface area contributed by atoms with Crippen molar-refractivity contribution in [1.82, 2.24) is 0 Å². The molecule has 0 heterocycles. The molecular formula is C12H13NO4. The Hall–Kier alpha value is -2.30. The van der Waals surface area contributed by atoms with Gasteiger partial charge in [0.25, 0.3) is 0 Å². The number of ether oxygens (including phenoxy) is 1. The molecule has 1 aromatic carbocycles. The van der Waals surface area contributed by atoms with Crippen LogP contribution in [0.25, 0.3) is 0 Å². The van der Waals surface area contributed by atoms with Gasteiger partial charge in [0.15, 0.2) is 0 Å². The summed E-state index contributed by atoms with van der Waals surface area (Å²) in [5.74, 6) is -1.09. The van der Waals surface area contributed by atoms with Crippen molar-refractivity contribution < 1.29 is 19.4 Å². The number of hydrogen-bond acceptors (Lipinski definition) is 3. The summed E-state index contributed by atoms with van der Waals surface area (Å²) >= 11 is 0. The zero-order valence-corrected chi connectivity index (χ0v) is 9.42. The number of nitrogens with zero attached hydrogens (tertiary/aromatic N) is 1. The lowest BCUT2D eigenvalue weighted by atomic mass is 10.1. The Morgan fingerprint density at radius 2 is 2.12 bits per heavy atom. The number of carboxylic acid groups (broad SMARTS) is 1. The molecule has 0 spiro atoms. The maximum atomic E-state index is 11.5. The molecule has 0 aliphatic heterocycles. The van der Waals surface area contributed by atoms with Crippen LogP contribution in [0.15, 0.2) is 36.9 Å². The van der Waals surface area contributed by atoms with Gasteiger partial charge in [0.05, 0.1) is 11.3 Å². The normalized spacial score (nSPS) is 9.47. The van der Waals surface area contributed by atoms with E-state index in [1.807, 2.05) is 0 Å². The third kappa shape index (κ3) is 3.07. The summed E-state index contributed by atoms with van der Waals surface area (Å²) in [4.78, 5) is 23.7. The van der Waals surface area contributed by atoms with Gasteiger partial charge < -0.3 is 9.84 Å². The molecule has 1 N–H and O–H groups in total. The minimum atomic E-state index is -1.09. The minimum Gasteiger partial charge on any atom is -0.478 e. The van der Waals surface area contributed by atoms with Crippen LogP contribution in [0, 0.1) is 0 Å². The molecule has 0 unspecified atom stereocenters. The maximum Gasteiger partial charge on any atom is 0.414 e. The van der Waals surface area contributed by atoms with E-state index in [1.54, 1.807) is 18.2 Å². The quantitative estimate of drug-likeness (QED) is 0.812. The molecule has 0 saturated carbocycles. The van der Waals surface area contributed by atoms with Gasteiger partial charge in [-0.3, -0.25) is 4.90 Å². The molecule has 0 aliphatic rings. The van der Waals surface area contributed by atoms with E-state index < -0.39 is 12.1 Å². The zero-order valence-electron chi connectivity index (χ0n) is 9.42. The van der Waals surface area contributed by atoms with Crippen LogP contribution < -0.4 is 4.90 Å². The first-order chi connectivity index (χ1) is 8.07. The Kier molecular flexibility index (Phi) is 4.28. The molecule has 0 bridgehead atoms. The van der Waals surface area contributed by atoms with Crippen LogP contribution in [0.4, 0.5) is 10.5 Å². The Bertz CT molecular complexity index is 442. The maximum absolute atomic E-state index is 11.5. The molecule has 17 heavy (non-hydrogen) atoms. The van der Waals surface area contributed by atoms with Crippen molar-refractivity contribution in [1.29, 1.82) is 0 Å². The summed E-state index contributed by atoms with van der Waals surface area (Å²) in [7, 11) is 1.45. The number of carboxylic acids is 1. The molecule has 1 aromatic rings. The number of aromatic carboxylic acids is 1. The first-order valence-corrected chi connectivity index (χ1v) is 4.91. The smallest absolute Gasteiger partial charge is 0.414 e. The average molecular weight is 235 g/mol. The van der Waals surface area contributed by atoms with E-state index in [2.05, 4.69) is 6.58 Å². The Labute approximate surface area is 98.9 Å². The molecule has 0 aliphatic carbocycles. The van der Waals surface area contributed by atoms with Gasteiger partial charge in [0, 0.05) is 7.05 Å². The lowest BCUT2D eigenvalue weighted by Crippen LogP contribution is -2.28. The topological polar surface area (TPSA) is 66.8 Å². The van der Waals surface area contributed by atoms with Crippen LogP contribution in [0.1, 0.15) is 10.4 Å². The van der Waals surface area contributed by atoms with Crippen molar-refractivity contribution in [2.24, 2.45) is 0 Å². The van der Waals surface area contributed by atoms with Crippen LogP contribution in [0.3, 0.4) is 0 Å². The lowest BCUT2D eigenvalue weighted by molar-refractivity contribution is 0.0697. The molecule has 5 nitrogen and oxygen atoms in total. The summed E-state index contributed by atoms with van der Waals surface area (Å²) in [6.45, 7) is 3.50. The lowest BCUT2D eigenvalue weighted by Gasteiger charge is -2.18. The minimum absolute atomic E-state index is 0.0468. The first kappa shape index (κ1) is 12.8. The third-order valence-corrected chi connectivity index (χ3v) is 2.09. The van der Waals surface area contributed by atoms with E-state index in [0.29, 0.717) is 0 Å². The predicted molar refractivity (Wildman–Crippen MR) is 63.3 cm³/mol. The zero-order chi connectivity index (χ0) is 12.8. The van der Waals surface area contributed by atoms with Crippen molar-refractivity contribution in [3.63, 3.8) is 0 Å². The van der Waals surface area contributed by atoms with Crippen molar-refractivity contribution in [3.8, 4) is 0 Å². The number of amides is 1. The number of hydrogen-bond donors (Lipinski definition) is 1. The summed E-state index contributed by atoms with van der Waals surface area (Å²) in [6.07, 6.45) is 0.813. The summed E-state index contributed by atoms with van der Waals surface area (Å²) < 4.78 is 4.82. The van der Waals surface area contributed by atoms with Gasteiger partial charge >= 0.3 is 12.1 Å². The van der Waals surface area contributed by atoms with Crippen LogP contribution >= 0.6 is 0 Å². The van der Waals surface area contributed by atoms with Gasteiger partial charge in [0.1, 0.15) is 6.61 Å². The van der Waals surface area contributed by atoms with Gasteiger partial charge in [-0.15, -0.1) is 0 Å². The fourth-order valence-corrected chi connectivity index (χ4v) is 1.27. The highest BCUT2D eigenvalue weighted by molar-refractivity contribution is 5.99. The number of carbonyl (C=O) groups is 2. The highest BCUT2D eigenvalue weighted by atomic mass is 16.6. The largest absolute Gasteiger partial charge is 0.478 e. The van der Waals surface area contributed by atoms with E-state index in [4.69, 9.17) is 9.84 Å². The second-order valence-corrected chi connectivity index (χ2v) is 3.25. The molecule has 0 fully saturated rings. The fourth-order valence-electron chi connectivity index (χ4n) is 1.27. The van der Waals surface area contributed by atoms with Crippen molar-refractivity contribution in [3.05, 3.63) is 42.5 Å². The Balaban J connectivity index is 2.95. The highest BCUT2D eigenvalue weighted by Crippen LogP contribution is 2.19. The molecule has 0 saturated heterocycles. The number of para-hydroxylation sites is 1. The predicted octanol–water partition coefficient (Wildman–Crippen LogP) is 2.14.